The van der Waals surface area contributed by atoms with Crippen molar-refractivity contribution in [3.8, 4) is 0 Å². The predicted molar refractivity (Wildman–Crippen MR) is 103 cm³/mol. The number of aromatic nitrogens is 1. The van der Waals surface area contributed by atoms with E-state index in [-0.39, 0.29) is 12.4 Å². The molecule has 2 aromatic rings. The number of quaternary nitrogens is 1. The molecule has 1 aromatic carbocycles. The van der Waals surface area contributed by atoms with E-state index in [9.17, 15) is 23.9 Å². The highest BCUT2D eigenvalue weighted by atomic mass is 19.1. The lowest BCUT2D eigenvalue weighted by Gasteiger charge is -2.09. The number of rotatable bonds is 7. The molecule has 6 N–H and O–H groups in total. The summed E-state index contributed by atoms with van der Waals surface area (Å²) in [5.41, 5.74) is 7.11. The molecular formula is C19H21FN4O6. The van der Waals surface area contributed by atoms with Crippen LogP contribution >= 0.6 is 0 Å². The maximum Gasteiger partial charge on any atom is 0.411 e. The molecule has 0 aliphatic rings. The minimum atomic E-state index is -1.51. The van der Waals surface area contributed by atoms with E-state index in [4.69, 9.17) is 15.6 Å². The largest absolute Gasteiger partial charge is 0.545 e. The first-order chi connectivity index (χ1) is 14.2. The summed E-state index contributed by atoms with van der Waals surface area (Å²) in [7, 11) is 0. The molecule has 0 fully saturated rings. The van der Waals surface area contributed by atoms with Crippen LogP contribution in [0.4, 0.5) is 26.5 Å². The van der Waals surface area contributed by atoms with Gasteiger partial charge in [-0.15, -0.1) is 0 Å². The van der Waals surface area contributed by atoms with Gasteiger partial charge in [-0.2, -0.15) is 4.98 Å². The second-order valence-electron chi connectivity index (χ2n) is 5.54. The van der Waals surface area contributed by atoms with E-state index in [1.165, 1.54) is 12.1 Å². The molecule has 10 nitrogen and oxygen atoms in total. The molecule has 1 amide bonds. The van der Waals surface area contributed by atoms with Crippen molar-refractivity contribution in [3.63, 3.8) is 0 Å². The van der Waals surface area contributed by atoms with Gasteiger partial charge in [-0.1, -0.05) is 12.1 Å². The first-order valence-corrected chi connectivity index (χ1v) is 8.61. The number of carbonyl (C=O) groups is 3. The number of nitrogen functional groups attached to an aromatic ring is 1. The van der Waals surface area contributed by atoms with Gasteiger partial charge < -0.3 is 25.5 Å². The number of hydrogen-bond acceptors (Lipinski definition) is 7. The average molecular weight is 420 g/mol. The number of amides is 1. The molecule has 0 aliphatic carbocycles. The number of nitrogens with two attached hydrogens (primary N) is 2. The van der Waals surface area contributed by atoms with Crippen LogP contribution in [0.1, 0.15) is 12.5 Å². The van der Waals surface area contributed by atoms with Crippen LogP contribution in [0.3, 0.4) is 0 Å². The second kappa shape index (κ2) is 12.5. The molecular weight excluding hydrogens is 399 g/mol. The number of aliphatic carboxylic acids is 2. The van der Waals surface area contributed by atoms with Crippen LogP contribution in [0.25, 0.3) is 0 Å². The molecule has 0 atom stereocenters. The average Bonchev–Trinajstić information content (AvgIpc) is 2.68. The van der Waals surface area contributed by atoms with Gasteiger partial charge in [0.25, 0.3) is 5.82 Å². The highest BCUT2D eigenvalue weighted by Gasteiger charge is 2.13. The maximum atomic E-state index is 12.9. The standard InChI is InChI=1S/C15H17FN4O2.C4H4O4/c1-2-22-15(21)19-12-7-8-13(17)20-14(12)18-9-10-3-5-11(16)6-4-10;5-3(6)1-2-4(7)8/h3-8H,2,9H2,1H3,(H,19,21)(H3,17,18,20);1-2H,(H,5,6)(H,7,8)/b;2-1+. The summed E-state index contributed by atoms with van der Waals surface area (Å²) in [4.78, 5) is 34.7. The van der Waals surface area contributed by atoms with E-state index in [1.54, 1.807) is 31.2 Å². The van der Waals surface area contributed by atoms with E-state index in [0.717, 1.165) is 5.56 Å². The van der Waals surface area contributed by atoms with Crippen LogP contribution in [0.15, 0.2) is 48.6 Å². The summed E-state index contributed by atoms with van der Waals surface area (Å²) in [5, 5.41) is 21.7. The van der Waals surface area contributed by atoms with Crippen molar-refractivity contribution in [1.29, 1.82) is 0 Å². The number of carboxylic acids is 2. The fourth-order valence-electron chi connectivity index (χ4n) is 2.00. The number of nitrogens with one attached hydrogen (secondary N) is 1. The maximum absolute atomic E-state index is 12.9. The van der Waals surface area contributed by atoms with Gasteiger partial charge in [0, 0.05) is 11.6 Å². The molecule has 11 heteroatoms. The zero-order valence-corrected chi connectivity index (χ0v) is 16.0. The fourth-order valence-corrected chi connectivity index (χ4v) is 2.00. The molecule has 0 bridgehead atoms. The van der Waals surface area contributed by atoms with Gasteiger partial charge in [0.05, 0.1) is 12.6 Å². The molecule has 1 heterocycles. The molecule has 0 spiro atoms. The third-order valence-electron chi connectivity index (χ3n) is 3.26. The summed E-state index contributed by atoms with van der Waals surface area (Å²) in [6.07, 6.45) is 0.392. The number of carbonyl (C=O) groups excluding carboxylic acids is 2. The van der Waals surface area contributed by atoms with Crippen LogP contribution in [0.2, 0.25) is 0 Å². The third-order valence-corrected chi connectivity index (χ3v) is 3.26. The summed E-state index contributed by atoms with van der Waals surface area (Å²) in [6.45, 7) is 2.54. The molecule has 160 valence electrons. The Morgan fingerprint density at radius 3 is 2.43 bits per heavy atom. The Labute approximate surface area is 171 Å². The quantitative estimate of drug-likeness (QED) is 0.458. The van der Waals surface area contributed by atoms with Gasteiger partial charge in [-0.25, -0.2) is 14.0 Å². The van der Waals surface area contributed by atoms with Crippen molar-refractivity contribution >= 4 is 35.4 Å². The van der Waals surface area contributed by atoms with Crippen LogP contribution in [-0.4, -0.2) is 34.7 Å². The van der Waals surface area contributed by atoms with Crippen molar-refractivity contribution in [2.75, 3.05) is 17.7 Å². The van der Waals surface area contributed by atoms with Gasteiger partial charge in [0.1, 0.15) is 23.9 Å². The Hall–Kier alpha value is -3.99. The topological polar surface area (TPSA) is 171 Å². The highest BCUT2D eigenvalue weighted by Crippen LogP contribution is 2.16. The minimum absolute atomic E-state index is 0.281. The van der Waals surface area contributed by atoms with E-state index >= 15 is 0 Å². The molecule has 0 saturated heterocycles. The molecule has 1 aromatic heterocycles. The Balaban J connectivity index is 0.000000479. The number of anilines is 2. The number of carboxylic acid groups (broad SMARTS) is 2. The van der Waals surface area contributed by atoms with Crippen molar-refractivity contribution < 1.29 is 39.0 Å². The van der Waals surface area contributed by atoms with E-state index in [2.05, 4.69) is 10.3 Å². The lowest BCUT2D eigenvalue weighted by Crippen LogP contribution is -2.76. The first-order valence-electron chi connectivity index (χ1n) is 8.61. The summed E-state index contributed by atoms with van der Waals surface area (Å²) < 4.78 is 17.7. The predicted octanol–water partition coefficient (Wildman–Crippen LogP) is 0.144. The first kappa shape index (κ1) is 24.0. The number of halogens is 1. The molecule has 0 saturated carbocycles. The van der Waals surface area contributed by atoms with Crippen molar-refractivity contribution in [2.45, 2.75) is 13.5 Å². The Bertz CT molecular complexity index is 886. The van der Waals surface area contributed by atoms with Gasteiger partial charge in [0.15, 0.2) is 0 Å². The number of nitrogens with zero attached hydrogens (tertiary/aromatic N) is 1. The summed E-state index contributed by atoms with van der Waals surface area (Å²) in [6, 6.07) is 9.43. The number of pyridine rings is 1. The van der Waals surface area contributed by atoms with Crippen molar-refractivity contribution in [1.82, 2.24) is 4.98 Å². The van der Waals surface area contributed by atoms with Gasteiger partial charge >= 0.3 is 12.1 Å². The van der Waals surface area contributed by atoms with Gasteiger partial charge in [-0.3, -0.25) is 10.6 Å². The van der Waals surface area contributed by atoms with Crippen LogP contribution in [0, 0.1) is 5.82 Å². The van der Waals surface area contributed by atoms with E-state index in [0.29, 0.717) is 36.0 Å². The fraction of sp³-hybridized carbons (Fsp3) is 0.158. The SMILES string of the molecule is CCOC(=O)Nc1ccc(N)nc1[NH2+]Cc1ccc(F)cc1.O=C([O-])/C=C/C(=O)O. The molecule has 30 heavy (non-hydrogen) atoms. The molecule has 2 rings (SSSR count). The highest BCUT2D eigenvalue weighted by molar-refractivity contribution is 5.88. The molecule has 0 aliphatic heterocycles. The number of hydrogen-bond donors (Lipinski definition) is 4. The number of benzene rings is 1. The lowest BCUT2D eigenvalue weighted by atomic mass is 10.2. The van der Waals surface area contributed by atoms with E-state index < -0.39 is 18.0 Å². The zero-order chi connectivity index (χ0) is 22.5. The summed E-state index contributed by atoms with van der Waals surface area (Å²) in [5.74, 6) is -2.20. The van der Waals surface area contributed by atoms with Gasteiger partial charge in [0.2, 0.25) is 0 Å². The van der Waals surface area contributed by atoms with Crippen LogP contribution in [0.5, 0.6) is 0 Å². The Morgan fingerprint density at radius 1 is 1.23 bits per heavy atom. The van der Waals surface area contributed by atoms with Crippen molar-refractivity contribution in [2.24, 2.45) is 0 Å². The third kappa shape index (κ3) is 9.80. The molecule has 0 unspecified atom stereocenters. The van der Waals surface area contributed by atoms with E-state index in [1.807, 2.05) is 5.32 Å². The Kier molecular flexibility index (Phi) is 9.99. The summed E-state index contributed by atoms with van der Waals surface area (Å²) >= 11 is 0. The number of ether oxygens (including phenoxy) is 1. The van der Waals surface area contributed by atoms with Gasteiger partial charge in [-0.05, 0) is 37.3 Å². The Morgan fingerprint density at radius 2 is 1.90 bits per heavy atom. The normalized spacial score (nSPS) is 10.1. The zero-order valence-electron chi connectivity index (χ0n) is 16.0. The smallest absolute Gasteiger partial charge is 0.411 e. The van der Waals surface area contributed by atoms with Crippen LogP contribution < -0.4 is 21.5 Å². The monoisotopic (exact) mass is 420 g/mol. The second-order valence-corrected chi connectivity index (χ2v) is 5.54. The van der Waals surface area contributed by atoms with Crippen molar-refractivity contribution in [3.05, 3.63) is 59.9 Å². The minimum Gasteiger partial charge on any atom is -0.545 e. The molecule has 0 radical (unpaired) electrons. The lowest BCUT2D eigenvalue weighted by molar-refractivity contribution is -0.591. The van der Waals surface area contributed by atoms with Crippen LogP contribution in [-0.2, 0) is 20.9 Å².